The highest BCUT2D eigenvalue weighted by molar-refractivity contribution is 5.96. The predicted octanol–water partition coefficient (Wildman–Crippen LogP) is 1.56. The van der Waals surface area contributed by atoms with E-state index in [2.05, 4.69) is 4.98 Å². The SMILES string of the molecule is Cc1ccc(CN2CCN(C(=O)c3cccc(=O)[nH]3)C(C)C2=O)cc1. The zero-order chi connectivity index (χ0) is 18.0. The van der Waals surface area contributed by atoms with Gasteiger partial charge in [-0.3, -0.25) is 14.4 Å². The van der Waals surface area contributed by atoms with Crippen molar-refractivity contribution in [1.29, 1.82) is 0 Å². The first kappa shape index (κ1) is 17.0. The van der Waals surface area contributed by atoms with E-state index in [-0.39, 0.29) is 23.1 Å². The summed E-state index contributed by atoms with van der Waals surface area (Å²) in [5, 5.41) is 0. The highest BCUT2D eigenvalue weighted by Gasteiger charge is 2.34. The highest BCUT2D eigenvalue weighted by Crippen LogP contribution is 2.17. The molecule has 1 atom stereocenters. The van der Waals surface area contributed by atoms with Gasteiger partial charge in [0.25, 0.3) is 5.91 Å². The Labute approximate surface area is 146 Å². The van der Waals surface area contributed by atoms with Crippen LogP contribution in [0, 0.1) is 6.92 Å². The summed E-state index contributed by atoms with van der Waals surface area (Å²) in [6, 6.07) is 12.0. The molecule has 2 aromatic rings. The molecule has 0 saturated carbocycles. The molecule has 1 saturated heterocycles. The maximum Gasteiger partial charge on any atom is 0.271 e. The van der Waals surface area contributed by atoms with Crippen LogP contribution in [0.4, 0.5) is 0 Å². The van der Waals surface area contributed by atoms with E-state index in [0.29, 0.717) is 19.6 Å². The number of hydrogen-bond acceptors (Lipinski definition) is 3. The van der Waals surface area contributed by atoms with Crippen molar-refractivity contribution in [1.82, 2.24) is 14.8 Å². The summed E-state index contributed by atoms with van der Waals surface area (Å²) < 4.78 is 0. The number of nitrogens with zero attached hydrogens (tertiary/aromatic N) is 2. The van der Waals surface area contributed by atoms with E-state index in [1.165, 1.54) is 22.6 Å². The number of aromatic nitrogens is 1. The molecule has 1 aromatic heterocycles. The second kappa shape index (κ2) is 6.93. The van der Waals surface area contributed by atoms with Crippen LogP contribution in [0.3, 0.4) is 0 Å². The molecule has 1 unspecified atom stereocenters. The van der Waals surface area contributed by atoms with Gasteiger partial charge in [0.2, 0.25) is 11.5 Å². The van der Waals surface area contributed by atoms with Gasteiger partial charge < -0.3 is 14.8 Å². The number of rotatable bonds is 3. The molecule has 0 radical (unpaired) electrons. The Morgan fingerprint density at radius 1 is 1.12 bits per heavy atom. The van der Waals surface area contributed by atoms with Crippen LogP contribution in [-0.2, 0) is 11.3 Å². The maximum absolute atomic E-state index is 12.7. The minimum atomic E-state index is -0.560. The van der Waals surface area contributed by atoms with E-state index < -0.39 is 6.04 Å². The molecule has 1 aromatic carbocycles. The molecule has 1 N–H and O–H groups in total. The van der Waals surface area contributed by atoms with Crippen LogP contribution in [0.1, 0.15) is 28.5 Å². The van der Waals surface area contributed by atoms with Gasteiger partial charge in [0.05, 0.1) is 0 Å². The summed E-state index contributed by atoms with van der Waals surface area (Å²) in [7, 11) is 0. The summed E-state index contributed by atoms with van der Waals surface area (Å²) >= 11 is 0. The topological polar surface area (TPSA) is 73.5 Å². The molecule has 1 fully saturated rings. The van der Waals surface area contributed by atoms with Crippen LogP contribution in [0.5, 0.6) is 0 Å². The number of carbonyl (C=O) groups is 2. The van der Waals surface area contributed by atoms with Crippen LogP contribution in [0.25, 0.3) is 0 Å². The zero-order valence-electron chi connectivity index (χ0n) is 14.4. The van der Waals surface area contributed by atoms with E-state index >= 15 is 0 Å². The molecule has 0 bridgehead atoms. The molecule has 2 amide bonds. The number of H-pyrrole nitrogens is 1. The van der Waals surface area contributed by atoms with E-state index in [1.807, 2.05) is 31.2 Å². The average Bonchev–Trinajstić information content (AvgIpc) is 2.60. The monoisotopic (exact) mass is 339 g/mol. The molecule has 6 heteroatoms. The van der Waals surface area contributed by atoms with E-state index in [1.54, 1.807) is 17.9 Å². The van der Waals surface area contributed by atoms with Gasteiger partial charge in [-0.2, -0.15) is 0 Å². The lowest BCUT2D eigenvalue weighted by molar-refractivity contribution is -0.140. The molecule has 130 valence electrons. The lowest BCUT2D eigenvalue weighted by atomic mass is 10.1. The van der Waals surface area contributed by atoms with Crippen molar-refractivity contribution in [3.05, 3.63) is 69.6 Å². The molecule has 6 nitrogen and oxygen atoms in total. The van der Waals surface area contributed by atoms with Gasteiger partial charge in [-0.1, -0.05) is 35.9 Å². The van der Waals surface area contributed by atoms with Crippen molar-refractivity contribution in [2.24, 2.45) is 0 Å². The van der Waals surface area contributed by atoms with Crippen LogP contribution in [0.2, 0.25) is 0 Å². The van der Waals surface area contributed by atoms with Crippen molar-refractivity contribution in [2.45, 2.75) is 26.4 Å². The van der Waals surface area contributed by atoms with Crippen LogP contribution >= 0.6 is 0 Å². The molecular weight excluding hydrogens is 318 g/mol. The third kappa shape index (κ3) is 3.63. The minimum Gasteiger partial charge on any atom is -0.335 e. The van der Waals surface area contributed by atoms with Gasteiger partial charge in [0, 0.05) is 25.7 Å². The third-order valence-electron chi connectivity index (χ3n) is 4.50. The third-order valence-corrected chi connectivity index (χ3v) is 4.50. The number of pyridine rings is 1. The van der Waals surface area contributed by atoms with E-state index in [9.17, 15) is 14.4 Å². The molecule has 0 spiro atoms. The first-order chi connectivity index (χ1) is 12.0. The lowest BCUT2D eigenvalue weighted by Gasteiger charge is -2.39. The zero-order valence-corrected chi connectivity index (χ0v) is 14.4. The number of piperazine rings is 1. The number of aromatic amines is 1. The van der Waals surface area contributed by atoms with Gasteiger partial charge >= 0.3 is 0 Å². The van der Waals surface area contributed by atoms with Crippen LogP contribution in [-0.4, -0.2) is 45.7 Å². The van der Waals surface area contributed by atoms with E-state index in [0.717, 1.165) is 5.56 Å². The predicted molar refractivity (Wildman–Crippen MR) is 94.2 cm³/mol. The van der Waals surface area contributed by atoms with Crippen molar-refractivity contribution < 1.29 is 9.59 Å². The Kier molecular flexibility index (Phi) is 4.70. The summed E-state index contributed by atoms with van der Waals surface area (Å²) in [5.41, 5.74) is 2.12. The minimum absolute atomic E-state index is 0.0848. The molecule has 1 aliphatic rings. The first-order valence-electron chi connectivity index (χ1n) is 8.30. The quantitative estimate of drug-likeness (QED) is 0.922. The van der Waals surface area contributed by atoms with Gasteiger partial charge in [0.1, 0.15) is 11.7 Å². The number of hydrogen-bond donors (Lipinski definition) is 1. The summed E-state index contributed by atoms with van der Waals surface area (Å²) in [4.78, 5) is 42.5. The number of carbonyl (C=O) groups excluding carboxylic acids is 2. The fourth-order valence-electron chi connectivity index (χ4n) is 3.01. The Morgan fingerprint density at radius 2 is 1.84 bits per heavy atom. The Hall–Kier alpha value is -2.89. The van der Waals surface area contributed by atoms with Crippen LogP contribution < -0.4 is 5.56 Å². The lowest BCUT2D eigenvalue weighted by Crippen LogP contribution is -2.57. The maximum atomic E-state index is 12.7. The van der Waals surface area contributed by atoms with Gasteiger partial charge in [-0.25, -0.2) is 0 Å². The fourth-order valence-corrected chi connectivity index (χ4v) is 3.01. The summed E-state index contributed by atoms with van der Waals surface area (Å²) in [6.07, 6.45) is 0. The summed E-state index contributed by atoms with van der Waals surface area (Å²) in [5.74, 6) is -0.410. The Morgan fingerprint density at radius 3 is 2.52 bits per heavy atom. The normalized spacial score (nSPS) is 17.7. The highest BCUT2D eigenvalue weighted by atomic mass is 16.2. The molecular formula is C19H21N3O3. The van der Waals surface area contributed by atoms with Crippen molar-refractivity contribution in [3.8, 4) is 0 Å². The molecule has 3 rings (SSSR count). The molecule has 1 aliphatic heterocycles. The second-order valence-electron chi connectivity index (χ2n) is 6.35. The number of benzene rings is 1. The molecule has 0 aliphatic carbocycles. The average molecular weight is 339 g/mol. The first-order valence-corrected chi connectivity index (χ1v) is 8.30. The Balaban J connectivity index is 1.71. The number of aryl methyl sites for hydroxylation is 1. The van der Waals surface area contributed by atoms with Crippen molar-refractivity contribution >= 4 is 11.8 Å². The molecule has 25 heavy (non-hydrogen) atoms. The standard InChI is InChI=1S/C19H21N3O3/c1-13-6-8-15(9-7-13)12-21-10-11-22(14(2)18(21)24)19(25)16-4-3-5-17(23)20-16/h3-9,14H,10-12H2,1-2H3,(H,20,23). The number of amides is 2. The van der Waals surface area contributed by atoms with Gasteiger partial charge in [-0.15, -0.1) is 0 Å². The smallest absolute Gasteiger partial charge is 0.271 e. The van der Waals surface area contributed by atoms with E-state index in [4.69, 9.17) is 0 Å². The van der Waals surface area contributed by atoms with Crippen LogP contribution in [0.15, 0.2) is 47.3 Å². The largest absolute Gasteiger partial charge is 0.335 e. The van der Waals surface area contributed by atoms with Gasteiger partial charge in [-0.05, 0) is 25.5 Å². The van der Waals surface area contributed by atoms with Gasteiger partial charge in [0.15, 0.2) is 0 Å². The molecule has 2 heterocycles. The fraction of sp³-hybridized carbons (Fsp3) is 0.316. The summed E-state index contributed by atoms with van der Waals surface area (Å²) in [6.45, 7) is 5.19. The van der Waals surface area contributed by atoms with Crippen molar-refractivity contribution in [2.75, 3.05) is 13.1 Å². The second-order valence-corrected chi connectivity index (χ2v) is 6.35. The Bertz CT molecular complexity index is 841. The van der Waals surface area contributed by atoms with Crippen molar-refractivity contribution in [3.63, 3.8) is 0 Å². The number of nitrogens with one attached hydrogen (secondary N) is 1.